The summed E-state index contributed by atoms with van der Waals surface area (Å²) in [5.74, 6) is -0.0325. The molecule has 1 N–H and O–H groups in total. The Balaban J connectivity index is 1.49. The fourth-order valence-corrected chi connectivity index (χ4v) is 3.64. The molecule has 3 rings (SSSR count). The van der Waals surface area contributed by atoms with Crippen LogP contribution in [-0.2, 0) is 21.4 Å². The van der Waals surface area contributed by atoms with E-state index in [1.165, 1.54) is 22.5 Å². The van der Waals surface area contributed by atoms with E-state index >= 15 is 0 Å². The minimum absolute atomic E-state index is 0.0325. The molecule has 1 amide bonds. The zero-order chi connectivity index (χ0) is 17.9. The van der Waals surface area contributed by atoms with Crippen molar-refractivity contribution in [2.45, 2.75) is 58.0 Å². The van der Waals surface area contributed by atoms with Crippen LogP contribution in [0, 0.1) is 0 Å². The lowest BCUT2D eigenvalue weighted by Gasteiger charge is -2.19. The number of hydrogen-bond acceptors (Lipinski definition) is 5. The Hall–Kier alpha value is -1.79. The van der Waals surface area contributed by atoms with Gasteiger partial charge >= 0.3 is 0 Å². The van der Waals surface area contributed by atoms with Gasteiger partial charge in [0.2, 0.25) is 11.0 Å². The first kappa shape index (κ1) is 18.0. The average Bonchev–Trinajstić information content (AvgIpc) is 3.23. The Kier molecular flexibility index (Phi) is 5.49. The van der Waals surface area contributed by atoms with Gasteiger partial charge in [-0.1, -0.05) is 56.4 Å². The normalized spacial score (nSPS) is 17.6. The molecule has 0 saturated carbocycles. The Morgan fingerprint density at radius 2 is 2.04 bits per heavy atom. The molecule has 25 heavy (non-hydrogen) atoms. The summed E-state index contributed by atoms with van der Waals surface area (Å²) in [7, 11) is 0. The third-order valence-corrected chi connectivity index (χ3v) is 5.28. The van der Waals surface area contributed by atoms with Crippen LogP contribution >= 0.6 is 11.3 Å². The second kappa shape index (κ2) is 7.62. The predicted molar refractivity (Wildman–Crippen MR) is 99.9 cm³/mol. The van der Waals surface area contributed by atoms with Gasteiger partial charge in [0.25, 0.3) is 0 Å². The van der Waals surface area contributed by atoms with Crippen LogP contribution in [0.2, 0.25) is 0 Å². The highest BCUT2D eigenvalue weighted by atomic mass is 32.1. The molecule has 0 spiro atoms. The molecule has 2 heterocycles. The molecule has 5 nitrogen and oxygen atoms in total. The maximum Gasteiger partial charge on any atom is 0.226 e. The van der Waals surface area contributed by atoms with Crippen LogP contribution in [0.5, 0.6) is 0 Å². The van der Waals surface area contributed by atoms with Crippen molar-refractivity contribution in [1.29, 1.82) is 0 Å². The Morgan fingerprint density at radius 3 is 2.68 bits per heavy atom. The number of rotatable bonds is 5. The smallest absolute Gasteiger partial charge is 0.226 e. The van der Waals surface area contributed by atoms with E-state index in [2.05, 4.69) is 60.6 Å². The molecule has 1 aliphatic rings. The third-order valence-electron chi connectivity index (χ3n) is 4.35. The number of carbonyl (C=O) groups excluding carboxylic acids is 1. The first-order chi connectivity index (χ1) is 11.9. The lowest BCUT2D eigenvalue weighted by molar-refractivity contribution is -0.116. The highest BCUT2D eigenvalue weighted by molar-refractivity contribution is 7.15. The molecular weight excluding hydrogens is 334 g/mol. The quantitative estimate of drug-likeness (QED) is 0.866. The zero-order valence-electron chi connectivity index (χ0n) is 15.0. The molecule has 1 saturated heterocycles. The van der Waals surface area contributed by atoms with E-state index in [-0.39, 0.29) is 17.4 Å². The van der Waals surface area contributed by atoms with E-state index in [1.807, 2.05) is 0 Å². The number of nitrogens with zero attached hydrogens (tertiary/aromatic N) is 2. The number of aromatic nitrogens is 2. The number of hydrogen-bond donors (Lipinski definition) is 1. The largest absolute Gasteiger partial charge is 0.371 e. The Morgan fingerprint density at radius 1 is 1.28 bits per heavy atom. The van der Waals surface area contributed by atoms with Crippen LogP contribution in [-0.4, -0.2) is 22.7 Å². The molecule has 1 aliphatic heterocycles. The van der Waals surface area contributed by atoms with Crippen molar-refractivity contribution in [3.8, 4) is 0 Å². The zero-order valence-corrected chi connectivity index (χ0v) is 15.9. The predicted octanol–water partition coefficient (Wildman–Crippen LogP) is 4.26. The summed E-state index contributed by atoms with van der Waals surface area (Å²) in [5.41, 5.74) is 2.62. The van der Waals surface area contributed by atoms with Crippen molar-refractivity contribution in [2.24, 2.45) is 0 Å². The second-order valence-corrected chi connectivity index (χ2v) is 8.45. The number of nitrogens with one attached hydrogen (secondary N) is 1. The van der Waals surface area contributed by atoms with Crippen LogP contribution in [0.25, 0.3) is 0 Å². The van der Waals surface area contributed by atoms with Gasteiger partial charge in [-0.15, -0.1) is 10.2 Å². The standard InChI is InChI=1S/C19H25N3O2S/c1-19(2,3)14-9-6-13(7-10-14)8-11-16(23)20-18-22-21-17(25-18)15-5-4-12-24-15/h6-7,9-10,15H,4-5,8,11-12H2,1-3H3,(H,20,22,23)/t15-/m1/s1. The van der Waals surface area contributed by atoms with E-state index in [0.29, 0.717) is 18.0 Å². The topological polar surface area (TPSA) is 64.1 Å². The Bertz CT molecular complexity index is 713. The summed E-state index contributed by atoms with van der Waals surface area (Å²) >= 11 is 1.41. The first-order valence-electron chi connectivity index (χ1n) is 8.76. The van der Waals surface area contributed by atoms with Gasteiger partial charge < -0.3 is 10.1 Å². The Labute approximate surface area is 152 Å². The van der Waals surface area contributed by atoms with E-state index in [9.17, 15) is 4.79 Å². The number of carbonyl (C=O) groups is 1. The SMILES string of the molecule is CC(C)(C)c1ccc(CCC(=O)Nc2nnc([C@H]3CCCO3)s2)cc1. The van der Waals surface area contributed by atoms with E-state index < -0.39 is 0 Å². The van der Waals surface area contributed by atoms with E-state index in [0.717, 1.165) is 24.5 Å². The molecule has 6 heteroatoms. The lowest BCUT2D eigenvalue weighted by atomic mass is 9.86. The highest BCUT2D eigenvalue weighted by Gasteiger charge is 2.22. The fraction of sp³-hybridized carbons (Fsp3) is 0.526. The summed E-state index contributed by atoms with van der Waals surface area (Å²) in [6.07, 6.45) is 3.23. The summed E-state index contributed by atoms with van der Waals surface area (Å²) in [5, 5.41) is 12.4. The fourth-order valence-electron chi connectivity index (χ4n) is 2.80. The lowest BCUT2D eigenvalue weighted by Crippen LogP contribution is -2.13. The second-order valence-electron chi connectivity index (χ2n) is 7.44. The molecule has 1 atom stereocenters. The minimum atomic E-state index is -0.0325. The number of anilines is 1. The third kappa shape index (κ3) is 4.86. The van der Waals surface area contributed by atoms with E-state index in [4.69, 9.17) is 4.74 Å². The van der Waals surface area contributed by atoms with Crippen LogP contribution in [0.3, 0.4) is 0 Å². The van der Waals surface area contributed by atoms with Crippen molar-refractivity contribution in [2.75, 3.05) is 11.9 Å². The number of ether oxygens (including phenoxy) is 1. The van der Waals surface area contributed by atoms with Crippen LogP contribution in [0.1, 0.15) is 62.3 Å². The van der Waals surface area contributed by atoms with Crippen LogP contribution in [0.4, 0.5) is 5.13 Å². The first-order valence-corrected chi connectivity index (χ1v) is 9.58. The van der Waals surface area contributed by atoms with Gasteiger partial charge in [0.15, 0.2) is 0 Å². The number of aryl methyl sites for hydroxylation is 1. The average molecular weight is 359 g/mol. The van der Waals surface area contributed by atoms with Crippen molar-refractivity contribution < 1.29 is 9.53 Å². The number of amides is 1. The number of benzene rings is 1. The van der Waals surface area contributed by atoms with Gasteiger partial charge in [-0.2, -0.15) is 0 Å². The molecule has 0 bridgehead atoms. The molecule has 0 unspecified atom stereocenters. The van der Waals surface area contributed by atoms with Crippen molar-refractivity contribution in [3.05, 3.63) is 40.4 Å². The van der Waals surface area contributed by atoms with Gasteiger partial charge in [0, 0.05) is 13.0 Å². The monoisotopic (exact) mass is 359 g/mol. The van der Waals surface area contributed by atoms with Crippen molar-refractivity contribution in [3.63, 3.8) is 0 Å². The highest BCUT2D eigenvalue weighted by Crippen LogP contribution is 2.31. The molecule has 2 aromatic rings. The minimum Gasteiger partial charge on any atom is -0.371 e. The van der Waals surface area contributed by atoms with Crippen LogP contribution in [0.15, 0.2) is 24.3 Å². The summed E-state index contributed by atoms with van der Waals surface area (Å²) < 4.78 is 5.59. The van der Waals surface area contributed by atoms with E-state index in [1.54, 1.807) is 0 Å². The molecule has 1 aromatic carbocycles. The van der Waals surface area contributed by atoms with Gasteiger partial charge in [-0.25, -0.2) is 0 Å². The summed E-state index contributed by atoms with van der Waals surface area (Å²) in [4.78, 5) is 12.1. The summed E-state index contributed by atoms with van der Waals surface area (Å²) in [6, 6.07) is 8.50. The summed E-state index contributed by atoms with van der Waals surface area (Å²) in [6.45, 7) is 7.37. The van der Waals surface area contributed by atoms with Gasteiger partial charge in [0.05, 0.1) is 0 Å². The molecule has 1 aromatic heterocycles. The van der Waals surface area contributed by atoms with Gasteiger partial charge in [-0.3, -0.25) is 4.79 Å². The molecular formula is C19H25N3O2S. The molecule has 134 valence electrons. The maximum absolute atomic E-state index is 12.1. The molecule has 0 radical (unpaired) electrons. The van der Waals surface area contributed by atoms with Gasteiger partial charge in [-0.05, 0) is 35.8 Å². The maximum atomic E-state index is 12.1. The van der Waals surface area contributed by atoms with Gasteiger partial charge in [0.1, 0.15) is 11.1 Å². The molecule has 0 aliphatic carbocycles. The van der Waals surface area contributed by atoms with Crippen molar-refractivity contribution >= 4 is 22.4 Å². The molecule has 1 fully saturated rings. The van der Waals surface area contributed by atoms with Crippen molar-refractivity contribution in [1.82, 2.24) is 10.2 Å². The van der Waals surface area contributed by atoms with Crippen LogP contribution < -0.4 is 5.32 Å².